The number of pyridine rings is 1. The van der Waals surface area contributed by atoms with Crippen LogP contribution in [0.25, 0.3) is 0 Å². The fourth-order valence-electron chi connectivity index (χ4n) is 2.29. The molecular weight excluding hydrogens is 333 g/mol. The first-order valence-corrected chi connectivity index (χ1v) is 7.96. The summed E-state index contributed by atoms with van der Waals surface area (Å²) in [6, 6.07) is 15.8. The summed E-state index contributed by atoms with van der Waals surface area (Å²) in [4.78, 5) is 28.1. The average molecular weight is 349 g/mol. The Bertz CT molecular complexity index is 895. The topological polar surface area (TPSA) is 71.1 Å². The largest absolute Gasteiger partial charge is 0.348 e. The molecule has 0 saturated carbocycles. The molecule has 0 aliphatic rings. The summed E-state index contributed by atoms with van der Waals surface area (Å²) in [5.74, 6) is -0.838. The Morgan fingerprint density at radius 1 is 0.885 bits per heavy atom. The number of halogens is 1. The monoisotopic (exact) mass is 349 g/mol. The lowest BCUT2D eigenvalue weighted by Gasteiger charge is -2.08. The van der Waals surface area contributed by atoms with Crippen LogP contribution in [-0.4, -0.2) is 16.8 Å². The maximum Gasteiger partial charge on any atom is 0.257 e. The van der Waals surface area contributed by atoms with E-state index in [1.807, 2.05) is 0 Å². The van der Waals surface area contributed by atoms with Crippen molar-refractivity contribution in [1.82, 2.24) is 10.3 Å². The average Bonchev–Trinajstić information content (AvgIpc) is 2.68. The summed E-state index contributed by atoms with van der Waals surface area (Å²) in [5.41, 5.74) is 2.30. The normalized spacial score (nSPS) is 10.2. The molecule has 0 spiro atoms. The van der Waals surface area contributed by atoms with Crippen LogP contribution in [0.1, 0.15) is 26.3 Å². The van der Waals surface area contributed by atoms with E-state index in [-0.39, 0.29) is 17.6 Å². The van der Waals surface area contributed by atoms with Gasteiger partial charge in [0.2, 0.25) is 0 Å². The molecule has 2 aromatic carbocycles. The van der Waals surface area contributed by atoms with Crippen LogP contribution in [0.5, 0.6) is 0 Å². The van der Waals surface area contributed by atoms with E-state index in [9.17, 15) is 14.0 Å². The van der Waals surface area contributed by atoms with Gasteiger partial charge in [-0.25, -0.2) is 4.39 Å². The second-order valence-electron chi connectivity index (χ2n) is 5.58. The van der Waals surface area contributed by atoms with Gasteiger partial charge in [-0.1, -0.05) is 12.1 Å². The third kappa shape index (κ3) is 4.51. The Morgan fingerprint density at radius 3 is 2.27 bits per heavy atom. The third-order valence-corrected chi connectivity index (χ3v) is 3.70. The first kappa shape index (κ1) is 17.3. The number of hydrogen-bond donors (Lipinski definition) is 2. The van der Waals surface area contributed by atoms with Crippen molar-refractivity contribution in [2.75, 3.05) is 5.32 Å². The lowest BCUT2D eigenvalue weighted by molar-refractivity contribution is 0.0950. The zero-order chi connectivity index (χ0) is 18.4. The minimum atomic E-state index is -0.316. The first-order valence-electron chi connectivity index (χ1n) is 7.96. The molecule has 1 heterocycles. The quantitative estimate of drug-likeness (QED) is 0.742. The lowest BCUT2D eigenvalue weighted by Crippen LogP contribution is -2.22. The Hall–Kier alpha value is -3.54. The minimum Gasteiger partial charge on any atom is -0.348 e. The maximum atomic E-state index is 12.9. The van der Waals surface area contributed by atoms with Gasteiger partial charge < -0.3 is 10.6 Å². The highest BCUT2D eigenvalue weighted by molar-refractivity contribution is 6.04. The Balaban J connectivity index is 1.57. The molecule has 0 fully saturated rings. The molecule has 1 aromatic heterocycles. The number of amides is 2. The van der Waals surface area contributed by atoms with Crippen LogP contribution in [-0.2, 0) is 6.54 Å². The molecule has 5 nitrogen and oxygen atoms in total. The van der Waals surface area contributed by atoms with Crippen molar-refractivity contribution in [3.63, 3.8) is 0 Å². The Kier molecular flexibility index (Phi) is 5.34. The number of nitrogens with one attached hydrogen (secondary N) is 2. The van der Waals surface area contributed by atoms with Gasteiger partial charge in [-0.15, -0.1) is 0 Å². The van der Waals surface area contributed by atoms with Crippen LogP contribution in [0, 0.1) is 5.82 Å². The van der Waals surface area contributed by atoms with Gasteiger partial charge in [0.15, 0.2) is 0 Å². The SMILES string of the molecule is O=C(NCc1ccc(F)cc1)c1ccc(NC(=O)c2cccnc2)cc1. The van der Waals surface area contributed by atoms with Gasteiger partial charge >= 0.3 is 0 Å². The van der Waals surface area contributed by atoms with Crippen LogP contribution >= 0.6 is 0 Å². The number of anilines is 1. The number of carbonyl (C=O) groups is 2. The van der Waals surface area contributed by atoms with Crippen molar-refractivity contribution in [3.05, 3.63) is 95.6 Å². The van der Waals surface area contributed by atoms with E-state index in [4.69, 9.17) is 0 Å². The molecular formula is C20H16FN3O2. The number of benzene rings is 2. The molecule has 0 unspecified atom stereocenters. The summed E-state index contributed by atoms with van der Waals surface area (Å²) in [5, 5.41) is 5.51. The number of aromatic nitrogens is 1. The van der Waals surface area contributed by atoms with E-state index in [1.54, 1.807) is 54.7 Å². The molecule has 2 amide bonds. The van der Waals surface area contributed by atoms with Crippen molar-refractivity contribution in [2.45, 2.75) is 6.54 Å². The zero-order valence-corrected chi connectivity index (χ0v) is 13.8. The molecule has 2 N–H and O–H groups in total. The molecule has 0 aliphatic carbocycles. The molecule has 0 atom stereocenters. The molecule has 6 heteroatoms. The van der Waals surface area contributed by atoms with Gasteiger partial charge in [-0.3, -0.25) is 14.6 Å². The molecule has 3 rings (SSSR count). The summed E-state index contributed by atoms with van der Waals surface area (Å²) in [6.45, 7) is 0.304. The van der Waals surface area contributed by atoms with Crippen LogP contribution in [0.3, 0.4) is 0 Å². The maximum absolute atomic E-state index is 12.9. The van der Waals surface area contributed by atoms with E-state index in [2.05, 4.69) is 15.6 Å². The van der Waals surface area contributed by atoms with Crippen molar-refractivity contribution in [1.29, 1.82) is 0 Å². The van der Waals surface area contributed by atoms with Gasteiger partial charge in [0.05, 0.1) is 5.56 Å². The molecule has 0 aliphatic heterocycles. The standard InChI is InChI=1S/C20H16FN3O2/c21-17-7-3-14(4-8-17)12-23-19(25)15-5-9-18(10-6-15)24-20(26)16-2-1-11-22-13-16/h1-11,13H,12H2,(H,23,25)(H,24,26). The van der Waals surface area contributed by atoms with E-state index < -0.39 is 0 Å². The zero-order valence-electron chi connectivity index (χ0n) is 13.8. The molecule has 0 radical (unpaired) electrons. The van der Waals surface area contributed by atoms with Gasteiger partial charge in [-0.2, -0.15) is 0 Å². The van der Waals surface area contributed by atoms with Crippen LogP contribution in [0.15, 0.2) is 73.1 Å². The first-order chi connectivity index (χ1) is 12.6. The highest BCUT2D eigenvalue weighted by Crippen LogP contribution is 2.11. The van der Waals surface area contributed by atoms with E-state index in [1.165, 1.54) is 18.3 Å². The summed E-state index contributed by atoms with van der Waals surface area (Å²) >= 11 is 0. The van der Waals surface area contributed by atoms with Gasteiger partial charge in [-0.05, 0) is 54.1 Å². The van der Waals surface area contributed by atoms with Crippen LogP contribution in [0.2, 0.25) is 0 Å². The predicted molar refractivity (Wildman–Crippen MR) is 96.2 cm³/mol. The number of nitrogens with zero attached hydrogens (tertiary/aromatic N) is 1. The second kappa shape index (κ2) is 8.02. The van der Waals surface area contributed by atoms with Crippen molar-refractivity contribution in [2.24, 2.45) is 0 Å². The Labute approximate surface area is 149 Å². The molecule has 0 bridgehead atoms. The third-order valence-electron chi connectivity index (χ3n) is 3.70. The lowest BCUT2D eigenvalue weighted by atomic mass is 10.1. The summed E-state index contributed by atoms with van der Waals surface area (Å²) in [6.07, 6.45) is 3.07. The van der Waals surface area contributed by atoms with E-state index in [0.29, 0.717) is 23.4 Å². The fourth-order valence-corrected chi connectivity index (χ4v) is 2.29. The number of hydrogen-bond acceptors (Lipinski definition) is 3. The van der Waals surface area contributed by atoms with Gasteiger partial charge in [0, 0.05) is 30.2 Å². The highest BCUT2D eigenvalue weighted by Gasteiger charge is 2.08. The van der Waals surface area contributed by atoms with Gasteiger partial charge in [0.1, 0.15) is 5.82 Å². The smallest absolute Gasteiger partial charge is 0.257 e. The van der Waals surface area contributed by atoms with Crippen molar-refractivity contribution >= 4 is 17.5 Å². The second-order valence-corrected chi connectivity index (χ2v) is 5.58. The highest BCUT2D eigenvalue weighted by atomic mass is 19.1. The van der Waals surface area contributed by atoms with E-state index >= 15 is 0 Å². The molecule has 130 valence electrons. The summed E-state index contributed by atoms with van der Waals surface area (Å²) < 4.78 is 12.9. The summed E-state index contributed by atoms with van der Waals surface area (Å²) in [7, 11) is 0. The number of carbonyl (C=O) groups excluding carboxylic acids is 2. The fraction of sp³-hybridized carbons (Fsp3) is 0.0500. The van der Waals surface area contributed by atoms with Crippen molar-refractivity contribution in [3.8, 4) is 0 Å². The molecule has 0 saturated heterocycles. The number of rotatable bonds is 5. The predicted octanol–water partition coefficient (Wildman–Crippen LogP) is 3.40. The van der Waals surface area contributed by atoms with Crippen molar-refractivity contribution < 1.29 is 14.0 Å². The molecule has 3 aromatic rings. The van der Waals surface area contributed by atoms with Gasteiger partial charge in [0.25, 0.3) is 11.8 Å². The van der Waals surface area contributed by atoms with E-state index in [0.717, 1.165) is 5.56 Å². The molecule has 26 heavy (non-hydrogen) atoms. The minimum absolute atomic E-state index is 0.250. The Morgan fingerprint density at radius 2 is 1.62 bits per heavy atom. The van der Waals surface area contributed by atoms with Crippen LogP contribution in [0.4, 0.5) is 10.1 Å². The van der Waals surface area contributed by atoms with Crippen LogP contribution < -0.4 is 10.6 Å².